The zero-order valence-electron chi connectivity index (χ0n) is 14.9. The second kappa shape index (κ2) is 7.54. The van der Waals surface area contributed by atoms with E-state index in [2.05, 4.69) is 5.10 Å². The molecule has 1 aliphatic carbocycles. The molecule has 152 valence electrons. The number of carbonyl (C=O) groups excluding carboxylic acids is 1. The van der Waals surface area contributed by atoms with Gasteiger partial charge in [0.2, 0.25) is 0 Å². The van der Waals surface area contributed by atoms with Crippen molar-refractivity contribution in [2.24, 2.45) is 16.6 Å². The summed E-state index contributed by atoms with van der Waals surface area (Å²) in [6, 6.07) is 3.22. The van der Waals surface area contributed by atoms with Crippen molar-refractivity contribution in [3.05, 3.63) is 45.8 Å². The Morgan fingerprint density at radius 2 is 2.04 bits per heavy atom. The van der Waals surface area contributed by atoms with Crippen molar-refractivity contribution in [1.82, 2.24) is 5.01 Å². The van der Waals surface area contributed by atoms with Crippen LogP contribution in [0.3, 0.4) is 0 Å². The zero-order chi connectivity index (χ0) is 20.5. The SMILES string of the molecule is NC(=O)C(C=NN1CCCC12CC2)=C(N)OCc1ccc(C(F)(F)F)c(Cl)c1. The predicted molar refractivity (Wildman–Crippen MR) is 98.0 cm³/mol. The first-order valence-electron chi connectivity index (χ1n) is 8.72. The van der Waals surface area contributed by atoms with Crippen LogP contribution in [0.15, 0.2) is 34.8 Å². The minimum absolute atomic E-state index is 0.0966. The van der Waals surface area contributed by atoms with Gasteiger partial charge in [-0.1, -0.05) is 17.7 Å². The summed E-state index contributed by atoms with van der Waals surface area (Å²) in [4.78, 5) is 11.7. The highest BCUT2D eigenvalue weighted by atomic mass is 35.5. The monoisotopic (exact) mass is 416 g/mol. The van der Waals surface area contributed by atoms with Crippen LogP contribution in [0.1, 0.15) is 36.8 Å². The molecule has 1 spiro atoms. The van der Waals surface area contributed by atoms with Gasteiger partial charge in [-0.05, 0) is 43.4 Å². The third-order valence-corrected chi connectivity index (χ3v) is 5.29. The van der Waals surface area contributed by atoms with Gasteiger partial charge in [0.1, 0.15) is 12.2 Å². The van der Waals surface area contributed by atoms with Crippen molar-refractivity contribution in [3.8, 4) is 0 Å². The minimum atomic E-state index is -4.54. The number of ether oxygens (including phenoxy) is 1. The summed E-state index contributed by atoms with van der Waals surface area (Å²) in [6.45, 7) is 0.620. The van der Waals surface area contributed by atoms with Crippen molar-refractivity contribution in [2.45, 2.75) is 44.0 Å². The molecule has 1 aromatic rings. The van der Waals surface area contributed by atoms with Gasteiger partial charge in [0.05, 0.1) is 22.3 Å². The largest absolute Gasteiger partial charge is 0.474 e. The van der Waals surface area contributed by atoms with E-state index in [1.54, 1.807) is 0 Å². The van der Waals surface area contributed by atoms with E-state index in [4.69, 9.17) is 27.8 Å². The Kier molecular flexibility index (Phi) is 5.47. The summed E-state index contributed by atoms with van der Waals surface area (Å²) < 4.78 is 43.6. The van der Waals surface area contributed by atoms with Crippen molar-refractivity contribution in [1.29, 1.82) is 0 Å². The molecule has 2 aliphatic rings. The summed E-state index contributed by atoms with van der Waals surface area (Å²) in [5.74, 6) is -1.06. The van der Waals surface area contributed by atoms with Crippen molar-refractivity contribution in [2.75, 3.05) is 6.54 Å². The molecule has 3 rings (SSSR count). The maximum absolute atomic E-state index is 12.7. The Bertz CT molecular complexity index is 835. The van der Waals surface area contributed by atoms with Crippen LogP contribution in [0.25, 0.3) is 0 Å². The number of primary amides is 1. The molecule has 0 unspecified atom stereocenters. The Morgan fingerprint density at radius 3 is 2.61 bits per heavy atom. The number of amides is 1. The molecule has 28 heavy (non-hydrogen) atoms. The minimum Gasteiger partial charge on any atom is -0.474 e. The highest BCUT2D eigenvalue weighted by Gasteiger charge is 2.50. The smallest absolute Gasteiger partial charge is 0.417 e. The first-order chi connectivity index (χ1) is 13.1. The fourth-order valence-electron chi connectivity index (χ4n) is 3.25. The predicted octanol–water partition coefficient (Wildman–Crippen LogP) is 3.15. The number of carbonyl (C=O) groups is 1. The third-order valence-electron chi connectivity index (χ3n) is 4.98. The van der Waals surface area contributed by atoms with Gasteiger partial charge < -0.3 is 16.2 Å². The van der Waals surface area contributed by atoms with E-state index in [1.807, 2.05) is 5.01 Å². The molecule has 1 amide bonds. The lowest BCUT2D eigenvalue weighted by Crippen LogP contribution is -2.27. The number of nitrogens with two attached hydrogens (primary N) is 2. The molecule has 1 saturated carbocycles. The van der Waals surface area contributed by atoms with E-state index in [1.165, 1.54) is 12.3 Å². The molecule has 0 aromatic heterocycles. The van der Waals surface area contributed by atoms with Crippen molar-refractivity contribution < 1.29 is 22.7 Å². The van der Waals surface area contributed by atoms with Crippen LogP contribution in [0.2, 0.25) is 5.02 Å². The quantitative estimate of drug-likeness (QED) is 0.423. The highest BCUT2D eigenvalue weighted by Crippen LogP contribution is 2.49. The molecule has 0 radical (unpaired) electrons. The van der Waals surface area contributed by atoms with Crippen LogP contribution in [0, 0.1) is 0 Å². The zero-order valence-corrected chi connectivity index (χ0v) is 15.7. The lowest BCUT2D eigenvalue weighted by Gasteiger charge is -2.20. The van der Waals surface area contributed by atoms with E-state index in [-0.39, 0.29) is 23.6 Å². The molecule has 10 heteroatoms. The molecule has 1 aromatic carbocycles. The van der Waals surface area contributed by atoms with Gasteiger partial charge in [0.15, 0.2) is 5.88 Å². The summed E-state index contributed by atoms with van der Waals surface area (Å²) in [5, 5.41) is 5.83. The maximum Gasteiger partial charge on any atom is 0.417 e. The molecule has 1 aliphatic heterocycles. The van der Waals surface area contributed by atoms with Crippen LogP contribution >= 0.6 is 11.6 Å². The van der Waals surface area contributed by atoms with Gasteiger partial charge in [-0.3, -0.25) is 9.80 Å². The van der Waals surface area contributed by atoms with Crippen LogP contribution in [-0.2, 0) is 22.3 Å². The van der Waals surface area contributed by atoms with E-state index in [0.29, 0.717) is 5.56 Å². The summed E-state index contributed by atoms with van der Waals surface area (Å²) in [6.07, 6.45) is 0.984. The topological polar surface area (TPSA) is 93.9 Å². The van der Waals surface area contributed by atoms with Gasteiger partial charge in [0.25, 0.3) is 5.91 Å². The van der Waals surface area contributed by atoms with Crippen LogP contribution in [0.4, 0.5) is 13.2 Å². The first kappa shape index (κ1) is 20.3. The number of hydrogen-bond donors (Lipinski definition) is 2. The average Bonchev–Trinajstić information content (AvgIpc) is 3.26. The van der Waals surface area contributed by atoms with Gasteiger partial charge in [-0.2, -0.15) is 18.3 Å². The van der Waals surface area contributed by atoms with Gasteiger partial charge in [-0.25, -0.2) is 0 Å². The molecule has 4 N–H and O–H groups in total. The normalized spacial score (nSPS) is 19.2. The molecular formula is C18H20ClF3N4O2. The van der Waals surface area contributed by atoms with Crippen LogP contribution in [-0.4, -0.2) is 29.2 Å². The first-order valence-corrected chi connectivity index (χ1v) is 9.10. The number of benzene rings is 1. The summed E-state index contributed by atoms with van der Waals surface area (Å²) >= 11 is 5.68. The van der Waals surface area contributed by atoms with E-state index in [9.17, 15) is 18.0 Å². The Labute approximate surface area is 164 Å². The summed E-state index contributed by atoms with van der Waals surface area (Å²) in [5.41, 5.74) is 10.6. The Morgan fingerprint density at radius 1 is 1.32 bits per heavy atom. The number of alkyl halides is 3. The van der Waals surface area contributed by atoms with Gasteiger partial charge >= 0.3 is 6.18 Å². The van der Waals surface area contributed by atoms with Crippen LogP contribution in [0.5, 0.6) is 0 Å². The van der Waals surface area contributed by atoms with Crippen molar-refractivity contribution in [3.63, 3.8) is 0 Å². The fourth-order valence-corrected chi connectivity index (χ4v) is 3.56. The number of halogens is 4. The Balaban J connectivity index is 1.69. The molecule has 1 saturated heterocycles. The van der Waals surface area contributed by atoms with E-state index < -0.39 is 22.7 Å². The number of nitrogens with zero attached hydrogens (tertiary/aromatic N) is 2. The molecule has 2 fully saturated rings. The lowest BCUT2D eigenvalue weighted by molar-refractivity contribution is -0.137. The number of hydrazone groups is 1. The molecule has 0 atom stereocenters. The van der Waals surface area contributed by atoms with Crippen molar-refractivity contribution >= 4 is 23.7 Å². The maximum atomic E-state index is 12.7. The average molecular weight is 417 g/mol. The van der Waals surface area contributed by atoms with Gasteiger partial charge in [0, 0.05) is 6.54 Å². The Hall–Kier alpha value is -2.42. The lowest BCUT2D eigenvalue weighted by atomic mass is 10.1. The van der Waals surface area contributed by atoms with Crippen LogP contribution < -0.4 is 11.5 Å². The highest BCUT2D eigenvalue weighted by molar-refractivity contribution is 6.31. The second-order valence-electron chi connectivity index (χ2n) is 6.94. The van der Waals surface area contributed by atoms with E-state index >= 15 is 0 Å². The standard InChI is InChI=1S/C18H20ClF3N4O2/c19-14-8-11(2-3-13(14)18(20,21)22)10-28-16(24)12(15(23)27)9-25-26-7-1-4-17(26)5-6-17/h2-3,8-9H,1,4-7,10,24H2,(H2,23,27). The third kappa shape index (κ3) is 4.35. The number of rotatable bonds is 6. The molecule has 6 nitrogen and oxygen atoms in total. The van der Waals surface area contributed by atoms with Gasteiger partial charge in [-0.15, -0.1) is 0 Å². The molecular weight excluding hydrogens is 397 g/mol. The summed E-state index contributed by atoms with van der Waals surface area (Å²) in [7, 11) is 0. The molecule has 1 heterocycles. The second-order valence-corrected chi connectivity index (χ2v) is 7.35. The number of hydrogen-bond acceptors (Lipinski definition) is 5. The van der Waals surface area contributed by atoms with E-state index in [0.717, 1.165) is 44.4 Å². The molecule has 0 bridgehead atoms. The fraction of sp³-hybridized carbons (Fsp3) is 0.444.